The number of hydrogen-bond donors (Lipinski definition) is 1. The van der Waals surface area contributed by atoms with Crippen molar-refractivity contribution in [2.24, 2.45) is 0 Å². The molecule has 1 rings (SSSR count). The Morgan fingerprint density at radius 3 is 2.92 bits per heavy atom. The molecule has 1 aromatic rings. The Balaban J connectivity index is 2.37. The molecule has 1 aromatic heterocycles. The second-order valence-corrected chi connectivity index (χ2v) is 2.63. The summed E-state index contributed by atoms with van der Waals surface area (Å²) in [7, 11) is 3.53. The van der Waals surface area contributed by atoms with E-state index in [9.17, 15) is 4.79 Å². The molecular formula is C7H12N4O. The SMILES string of the molecule is CN(C)NC(=O)Cn1cccn1. The molecule has 0 bridgehead atoms. The number of nitrogens with one attached hydrogen (secondary N) is 1. The highest BCUT2D eigenvalue weighted by atomic mass is 16.2. The lowest BCUT2D eigenvalue weighted by Crippen LogP contribution is -2.38. The van der Waals surface area contributed by atoms with Gasteiger partial charge in [0.1, 0.15) is 6.54 Å². The van der Waals surface area contributed by atoms with Crippen LogP contribution in [0.25, 0.3) is 0 Å². The van der Waals surface area contributed by atoms with E-state index in [-0.39, 0.29) is 12.5 Å². The Bertz CT molecular complexity index is 242. The van der Waals surface area contributed by atoms with Crippen molar-refractivity contribution in [2.45, 2.75) is 6.54 Å². The fourth-order valence-corrected chi connectivity index (χ4v) is 0.826. The Hall–Kier alpha value is -1.36. The van der Waals surface area contributed by atoms with Crippen molar-refractivity contribution in [3.63, 3.8) is 0 Å². The van der Waals surface area contributed by atoms with Gasteiger partial charge in [0.25, 0.3) is 5.91 Å². The summed E-state index contributed by atoms with van der Waals surface area (Å²) >= 11 is 0. The maximum Gasteiger partial charge on any atom is 0.255 e. The summed E-state index contributed by atoms with van der Waals surface area (Å²) in [5.41, 5.74) is 2.61. The quantitative estimate of drug-likeness (QED) is 0.618. The molecule has 1 heterocycles. The second kappa shape index (κ2) is 3.87. The summed E-state index contributed by atoms with van der Waals surface area (Å²) in [4.78, 5) is 11.1. The Kier molecular flexibility index (Phi) is 2.82. The molecule has 66 valence electrons. The minimum absolute atomic E-state index is 0.0799. The van der Waals surface area contributed by atoms with Gasteiger partial charge in [-0.25, -0.2) is 5.01 Å². The first kappa shape index (κ1) is 8.73. The van der Waals surface area contributed by atoms with Gasteiger partial charge in [-0.2, -0.15) is 5.10 Å². The van der Waals surface area contributed by atoms with Crippen LogP contribution >= 0.6 is 0 Å². The molecule has 0 fully saturated rings. The third kappa shape index (κ3) is 2.71. The van der Waals surface area contributed by atoms with E-state index in [2.05, 4.69) is 10.5 Å². The Morgan fingerprint density at radius 2 is 2.42 bits per heavy atom. The molecule has 12 heavy (non-hydrogen) atoms. The van der Waals surface area contributed by atoms with Crippen molar-refractivity contribution < 1.29 is 4.79 Å². The van der Waals surface area contributed by atoms with E-state index < -0.39 is 0 Å². The molecule has 0 atom stereocenters. The maximum atomic E-state index is 11.1. The third-order valence-electron chi connectivity index (χ3n) is 1.21. The van der Waals surface area contributed by atoms with Gasteiger partial charge in [0.05, 0.1) is 0 Å². The van der Waals surface area contributed by atoms with Crippen LogP contribution < -0.4 is 5.43 Å². The molecule has 0 aliphatic carbocycles. The summed E-state index contributed by atoms with van der Waals surface area (Å²) in [6.07, 6.45) is 3.39. The van der Waals surface area contributed by atoms with E-state index in [1.165, 1.54) is 0 Å². The molecule has 0 aliphatic rings. The van der Waals surface area contributed by atoms with Gasteiger partial charge in [-0.15, -0.1) is 0 Å². The number of rotatable bonds is 3. The van der Waals surface area contributed by atoms with Gasteiger partial charge >= 0.3 is 0 Å². The summed E-state index contributed by atoms with van der Waals surface area (Å²) < 4.78 is 1.57. The first-order valence-electron chi connectivity index (χ1n) is 3.63. The van der Waals surface area contributed by atoms with Crippen LogP contribution in [0.4, 0.5) is 0 Å². The number of amides is 1. The highest BCUT2D eigenvalue weighted by Crippen LogP contribution is 1.83. The lowest BCUT2D eigenvalue weighted by molar-refractivity contribution is -0.125. The minimum Gasteiger partial charge on any atom is -0.288 e. The molecule has 1 N–H and O–H groups in total. The number of carbonyl (C=O) groups excluding carboxylic acids is 1. The molecule has 5 nitrogen and oxygen atoms in total. The second-order valence-electron chi connectivity index (χ2n) is 2.63. The van der Waals surface area contributed by atoms with Gasteiger partial charge in [0.2, 0.25) is 0 Å². The first-order chi connectivity index (χ1) is 5.68. The summed E-state index contributed by atoms with van der Waals surface area (Å²) in [5.74, 6) is -0.0799. The lowest BCUT2D eigenvalue weighted by atomic mass is 10.6. The molecule has 0 saturated heterocycles. The van der Waals surface area contributed by atoms with Crippen molar-refractivity contribution >= 4 is 5.91 Å². The van der Waals surface area contributed by atoms with Crippen LogP contribution in [-0.2, 0) is 11.3 Å². The first-order valence-corrected chi connectivity index (χ1v) is 3.63. The van der Waals surface area contributed by atoms with Gasteiger partial charge in [-0.3, -0.25) is 14.9 Å². The van der Waals surface area contributed by atoms with Crippen LogP contribution in [0.3, 0.4) is 0 Å². The van der Waals surface area contributed by atoms with Gasteiger partial charge in [0.15, 0.2) is 0 Å². The number of aromatic nitrogens is 2. The van der Waals surface area contributed by atoms with Crippen LogP contribution in [0.2, 0.25) is 0 Å². The predicted octanol–water partition coefficient (Wildman–Crippen LogP) is -0.524. The fourth-order valence-electron chi connectivity index (χ4n) is 0.826. The van der Waals surface area contributed by atoms with Crippen LogP contribution in [0.1, 0.15) is 0 Å². The van der Waals surface area contributed by atoms with Crippen molar-refractivity contribution in [3.8, 4) is 0 Å². The van der Waals surface area contributed by atoms with Crippen molar-refractivity contribution in [3.05, 3.63) is 18.5 Å². The number of hydrazine groups is 1. The standard InChI is InChI=1S/C7H12N4O/c1-10(2)9-7(12)6-11-5-3-4-8-11/h3-5H,6H2,1-2H3,(H,9,12). The van der Waals surface area contributed by atoms with Gasteiger partial charge in [0, 0.05) is 26.5 Å². The zero-order valence-corrected chi connectivity index (χ0v) is 7.19. The average molecular weight is 168 g/mol. The number of hydrogen-bond acceptors (Lipinski definition) is 3. The number of carbonyl (C=O) groups is 1. The van der Waals surface area contributed by atoms with Crippen molar-refractivity contribution in [2.75, 3.05) is 14.1 Å². The zero-order chi connectivity index (χ0) is 8.97. The monoisotopic (exact) mass is 168 g/mol. The smallest absolute Gasteiger partial charge is 0.255 e. The van der Waals surface area contributed by atoms with E-state index in [1.807, 2.05) is 0 Å². The van der Waals surface area contributed by atoms with Crippen LogP contribution in [-0.4, -0.2) is 34.8 Å². The topological polar surface area (TPSA) is 50.2 Å². The average Bonchev–Trinajstić information content (AvgIpc) is 2.37. The van der Waals surface area contributed by atoms with Crippen LogP contribution in [0.15, 0.2) is 18.5 Å². The lowest BCUT2D eigenvalue weighted by Gasteiger charge is -2.11. The molecule has 0 aliphatic heterocycles. The van der Waals surface area contributed by atoms with Crippen molar-refractivity contribution in [1.82, 2.24) is 20.2 Å². The normalized spacial score (nSPS) is 10.2. The minimum atomic E-state index is -0.0799. The largest absolute Gasteiger partial charge is 0.288 e. The number of nitrogens with zero attached hydrogens (tertiary/aromatic N) is 3. The van der Waals surface area contributed by atoms with E-state index in [1.54, 1.807) is 42.2 Å². The third-order valence-corrected chi connectivity index (χ3v) is 1.21. The molecule has 1 amide bonds. The molecule has 0 saturated carbocycles. The van der Waals surface area contributed by atoms with Crippen LogP contribution in [0, 0.1) is 0 Å². The fraction of sp³-hybridized carbons (Fsp3) is 0.429. The summed E-state index contributed by atoms with van der Waals surface area (Å²) in [5, 5.41) is 5.50. The molecule has 5 heteroatoms. The molecule has 0 spiro atoms. The molecule has 0 unspecified atom stereocenters. The molecule has 0 radical (unpaired) electrons. The highest BCUT2D eigenvalue weighted by Gasteiger charge is 2.01. The highest BCUT2D eigenvalue weighted by molar-refractivity contribution is 5.74. The summed E-state index contributed by atoms with van der Waals surface area (Å²) in [6, 6.07) is 1.78. The zero-order valence-electron chi connectivity index (χ0n) is 7.19. The maximum absolute atomic E-state index is 11.1. The molecular weight excluding hydrogens is 156 g/mol. The predicted molar refractivity (Wildman–Crippen MR) is 44.1 cm³/mol. The molecule has 0 aromatic carbocycles. The Labute approximate surface area is 70.9 Å². The van der Waals surface area contributed by atoms with Gasteiger partial charge < -0.3 is 0 Å². The van der Waals surface area contributed by atoms with E-state index in [0.29, 0.717) is 0 Å². The van der Waals surface area contributed by atoms with Gasteiger partial charge in [-0.05, 0) is 6.07 Å². The van der Waals surface area contributed by atoms with Crippen LogP contribution in [0.5, 0.6) is 0 Å². The summed E-state index contributed by atoms with van der Waals surface area (Å²) in [6.45, 7) is 0.255. The van der Waals surface area contributed by atoms with E-state index in [0.717, 1.165) is 0 Å². The van der Waals surface area contributed by atoms with Crippen molar-refractivity contribution in [1.29, 1.82) is 0 Å². The van der Waals surface area contributed by atoms with Gasteiger partial charge in [-0.1, -0.05) is 0 Å². The Morgan fingerprint density at radius 1 is 1.67 bits per heavy atom. The van der Waals surface area contributed by atoms with E-state index in [4.69, 9.17) is 0 Å². The van der Waals surface area contributed by atoms with E-state index >= 15 is 0 Å².